The van der Waals surface area contributed by atoms with Gasteiger partial charge in [0.1, 0.15) is 18.1 Å². The van der Waals surface area contributed by atoms with Crippen LogP contribution < -0.4 is 9.47 Å². The van der Waals surface area contributed by atoms with Crippen molar-refractivity contribution < 1.29 is 19.0 Å². The highest BCUT2D eigenvalue weighted by atomic mass is 16.5. The third-order valence-corrected chi connectivity index (χ3v) is 1.99. The molecule has 0 saturated heterocycles. The van der Waals surface area contributed by atoms with E-state index >= 15 is 0 Å². The molecular weight excluding hydrogens is 208 g/mol. The number of carbonyl (C=O) groups excluding carboxylic acids is 1. The molecule has 4 nitrogen and oxygen atoms in total. The van der Waals surface area contributed by atoms with Crippen LogP contribution in [0.1, 0.15) is 5.56 Å². The maximum absolute atomic E-state index is 9.83. The predicted octanol–water partition coefficient (Wildman–Crippen LogP) is 1.80. The first-order valence-electron chi connectivity index (χ1n) is 4.70. The van der Waals surface area contributed by atoms with Crippen molar-refractivity contribution in [3.05, 3.63) is 29.8 Å². The predicted molar refractivity (Wildman–Crippen MR) is 60.2 cm³/mol. The zero-order valence-corrected chi connectivity index (χ0v) is 9.23. The SMILES string of the molecule is COc1cccc(OC)c1C=CCO[C]=O. The van der Waals surface area contributed by atoms with Crippen LogP contribution in [0.4, 0.5) is 0 Å². The van der Waals surface area contributed by atoms with Crippen molar-refractivity contribution in [3.8, 4) is 11.5 Å². The van der Waals surface area contributed by atoms with Crippen molar-refractivity contribution in [2.75, 3.05) is 20.8 Å². The second-order valence-corrected chi connectivity index (χ2v) is 2.87. The molecule has 0 atom stereocenters. The van der Waals surface area contributed by atoms with Gasteiger partial charge in [-0.1, -0.05) is 6.07 Å². The molecular formula is C12H13O4. The molecule has 0 bridgehead atoms. The Labute approximate surface area is 94.4 Å². The van der Waals surface area contributed by atoms with Gasteiger partial charge in [-0.05, 0) is 24.3 Å². The molecule has 4 heteroatoms. The molecule has 0 amide bonds. The molecule has 85 valence electrons. The lowest BCUT2D eigenvalue weighted by molar-refractivity contribution is 0.314. The first-order valence-corrected chi connectivity index (χ1v) is 4.70. The van der Waals surface area contributed by atoms with E-state index < -0.39 is 0 Å². The van der Waals surface area contributed by atoms with Crippen molar-refractivity contribution in [1.29, 1.82) is 0 Å². The molecule has 0 spiro atoms. The molecule has 1 rings (SSSR count). The Morgan fingerprint density at radius 3 is 2.38 bits per heavy atom. The summed E-state index contributed by atoms with van der Waals surface area (Å²) in [5.41, 5.74) is 0.807. The molecule has 1 radical (unpaired) electrons. The first kappa shape index (κ1) is 12.1. The Morgan fingerprint density at radius 1 is 1.25 bits per heavy atom. The average Bonchev–Trinajstić information content (AvgIpc) is 2.34. The van der Waals surface area contributed by atoms with Crippen LogP contribution in [0.2, 0.25) is 0 Å². The Bertz CT molecular complexity index is 349. The highest BCUT2D eigenvalue weighted by Gasteiger charge is 2.05. The van der Waals surface area contributed by atoms with Gasteiger partial charge in [0.05, 0.1) is 19.8 Å². The number of benzene rings is 1. The molecule has 1 aromatic carbocycles. The molecule has 0 saturated carbocycles. The third-order valence-electron chi connectivity index (χ3n) is 1.99. The second kappa shape index (κ2) is 6.50. The van der Waals surface area contributed by atoms with E-state index in [1.807, 2.05) is 18.2 Å². The summed E-state index contributed by atoms with van der Waals surface area (Å²) in [5.74, 6) is 1.40. The minimum atomic E-state index is 0.171. The summed E-state index contributed by atoms with van der Waals surface area (Å²) in [6.45, 7) is 1.52. The van der Waals surface area contributed by atoms with Gasteiger partial charge in [-0.15, -0.1) is 0 Å². The van der Waals surface area contributed by atoms with Crippen LogP contribution in [0.25, 0.3) is 6.08 Å². The summed E-state index contributed by atoms with van der Waals surface area (Å²) in [7, 11) is 3.17. The summed E-state index contributed by atoms with van der Waals surface area (Å²) in [5, 5.41) is 0. The van der Waals surface area contributed by atoms with E-state index in [9.17, 15) is 4.79 Å². The lowest BCUT2D eigenvalue weighted by Gasteiger charge is -2.09. The van der Waals surface area contributed by atoms with Crippen LogP contribution in [0.3, 0.4) is 0 Å². The van der Waals surface area contributed by atoms with Crippen LogP contribution in [-0.4, -0.2) is 27.3 Å². The molecule has 0 aliphatic heterocycles. The Morgan fingerprint density at radius 2 is 1.88 bits per heavy atom. The van der Waals surface area contributed by atoms with Crippen molar-refractivity contribution >= 4 is 12.5 Å². The second-order valence-electron chi connectivity index (χ2n) is 2.87. The standard InChI is InChI=1S/C12H13O4/c1-14-11-6-3-7-12(15-2)10(11)5-4-8-16-9-13/h3-7H,8H2,1-2H3. The molecule has 0 unspecified atom stereocenters. The van der Waals surface area contributed by atoms with Gasteiger partial charge in [0, 0.05) is 0 Å². The zero-order valence-electron chi connectivity index (χ0n) is 9.23. The molecule has 0 heterocycles. The van der Waals surface area contributed by atoms with Crippen molar-refractivity contribution in [2.45, 2.75) is 0 Å². The molecule has 0 fully saturated rings. The van der Waals surface area contributed by atoms with Crippen LogP contribution in [0.15, 0.2) is 24.3 Å². The molecule has 0 N–H and O–H groups in total. The third kappa shape index (κ3) is 3.02. The van der Waals surface area contributed by atoms with E-state index in [1.54, 1.807) is 26.4 Å². The monoisotopic (exact) mass is 221 g/mol. The fourth-order valence-corrected chi connectivity index (χ4v) is 1.29. The Balaban J connectivity index is 2.90. The lowest BCUT2D eigenvalue weighted by Crippen LogP contribution is -1.92. The number of hydrogen-bond donors (Lipinski definition) is 0. The number of hydrogen-bond acceptors (Lipinski definition) is 4. The minimum Gasteiger partial charge on any atom is -0.496 e. The average molecular weight is 221 g/mol. The van der Waals surface area contributed by atoms with E-state index in [0.29, 0.717) is 11.5 Å². The van der Waals surface area contributed by atoms with Crippen molar-refractivity contribution in [2.24, 2.45) is 0 Å². The van der Waals surface area contributed by atoms with E-state index in [-0.39, 0.29) is 6.61 Å². The Kier molecular flexibility index (Phi) is 4.92. The Hall–Kier alpha value is -1.97. The summed E-state index contributed by atoms with van der Waals surface area (Å²) >= 11 is 0. The summed E-state index contributed by atoms with van der Waals surface area (Å²) < 4.78 is 14.8. The van der Waals surface area contributed by atoms with E-state index in [2.05, 4.69) is 4.74 Å². The summed E-state index contributed by atoms with van der Waals surface area (Å²) in [4.78, 5) is 9.83. The minimum absolute atomic E-state index is 0.171. The van der Waals surface area contributed by atoms with Gasteiger partial charge in [-0.3, -0.25) is 0 Å². The number of rotatable bonds is 6. The highest BCUT2D eigenvalue weighted by Crippen LogP contribution is 2.29. The zero-order chi connectivity index (χ0) is 11.8. The van der Waals surface area contributed by atoms with Gasteiger partial charge in [0.15, 0.2) is 0 Å². The molecule has 0 aromatic heterocycles. The number of methoxy groups -OCH3 is 2. The van der Waals surface area contributed by atoms with E-state index in [1.165, 1.54) is 6.47 Å². The van der Waals surface area contributed by atoms with Gasteiger partial charge >= 0.3 is 6.47 Å². The van der Waals surface area contributed by atoms with Crippen molar-refractivity contribution in [3.63, 3.8) is 0 Å². The van der Waals surface area contributed by atoms with Gasteiger partial charge < -0.3 is 14.2 Å². The first-order chi connectivity index (χ1) is 7.83. The van der Waals surface area contributed by atoms with Gasteiger partial charge in [-0.25, -0.2) is 4.79 Å². The lowest BCUT2D eigenvalue weighted by atomic mass is 10.1. The largest absolute Gasteiger partial charge is 0.496 e. The smallest absolute Gasteiger partial charge is 0.417 e. The van der Waals surface area contributed by atoms with Gasteiger partial charge in [-0.2, -0.15) is 0 Å². The van der Waals surface area contributed by atoms with E-state index in [4.69, 9.17) is 9.47 Å². The quantitative estimate of drug-likeness (QED) is 0.687. The van der Waals surface area contributed by atoms with Crippen molar-refractivity contribution in [1.82, 2.24) is 0 Å². The summed E-state index contributed by atoms with van der Waals surface area (Å²) in [6.07, 6.45) is 3.46. The van der Waals surface area contributed by atoms with Gasteiger partial charge in [0.2, 0.25) is 0 Å². The fraction of sp³-hybridized carbons (Fsp3) is 0.250. The molecule has 1 aromatic rings. The normalized spacial score (nSPS) is 10.1. The fourth-order valence-electron chi connectivity index (χ4n) is 1.29. The van der Waals surface area contributed by atoms with Crippen LogP contribution in [-0.2, 0) is 9.53 Å². The topological polar surface area (TPSA) is 44.8 Å². The van der Waals surface area contributed by atoms with Crippen LogP contribution in [0, 0.1) is 0 Å². The maximum atomic E-state index is 9.83. The van der Waals surface area contributed by atoms with Gasteiger partial charge in [0.25, 0.3) is 0 Å². The molecule has 16 heavy (non-hydrogen) atoms. The van der Waals surface area contributed by atoms with Crippen LogP contribution >= 0.6 is 0 Å². The maximum Gasteiger partial charge on any atom is 0.417 e. The van der Waals surface area contributed by atoms with E-state index in [0.717, 1.165) is 5.56 Å². The molecule has 0 aliphatic rings. The molecule has 0 aliphatic carbocycles. The number of ether oxygens (including phenoxy) is 3. The van der Waals surface area contributed by atoms with Crippen LogP contribution in [0.5, 0.6) is 11.5 Å². The summed E-state index contributed by atoms with van der Waals surface area (Å²) in [6, 6.07) is 5.49. The highest BCUT2D eigenvalue weighted by molar-refractivity contribution is 5.64.